The van der Waals surface area contributed by atoms with E-state index in [1.54, 1.807) is 18.2 Å². The summed E-state index contributed by atoms with van der Waals surface area (Å²) >= 11 is 0. The molecule has 1 aliphatic rings. The number of nitrogens with zero attached hydrogens (tertiary/aromatic N) is 1. The molecule has 0 fully saturated rings. The summed E-state index contributed by atoms with van der Waals surface area (Å²) in [7, 11) is 0. The zero-order valence-electron chi connectivity index (χ0n) is 18.3. The summed E-state index contributed by atoms with van der Waals surface area (Å²) in [5.74, 6) is -0.892. The zero-order valence-corrected chi connectivity index (χ0v) is 18.3. The molecule has 2 aromatic carbocycles. The van der Waals surface area contributed by atoms with E-state index in [9.17, 15) is 22.7 Å². The fraction of sp³-hybridized carbons (Fsp3) is 0.417. The fourth-order valence-electron chi connectivity index (χ4n) is 4.45. The normalized spacial score (nSPS) is 18.9. The van der Waals surface area contributed by atoms with Crippen molar-refractivity contribution in [3.63, 3.8) is 0 Å². The van der Waals surface area contributed by atoms with Crippen LogP contribution in [0.25, 0.3) is 10.9 Å². The first-order chi connectivity index (χ1) is 16.3. The maximum absolute atomic E-state index is 15.6. The van der Waals surface area contributed by atoms with Gasteiger partial charge in [0, 0.05) is 35.1 Å². The molecule has 0 unspecified atom stereocenters. The number of aliphatic hydroxyl groups excluding tert-OH is 1. The lowest BCUT2D eigenvalue weighted by Crippen LogP contribution is -2.48. The van der Waals surface area contributed by atoms with Crippen molar-refractivity contribution in [2.75, 3.05) is 32.9 Å². The number of fused-ring (bicyclic) bond motifs is 3. The minimum atomic E-state index is -4.60. The zero-order chi connectivity index (χ0) is 24.3. The maximum Gasteiger partial charge on any atom is 0.401 e. The number of para-hydroxylation sites is 1. The molecule has 0 amide bonds. The fourth-order valence-corrected chi connectivity index (χ4v) is 4.45. The van der Waals surface area contributed by atoms with Crippen molar-refractivity contribution in [2.45, 2.75) is 31.3 Å². The summed E-state index contributed by atoms with van der Waals surface area (Å²) in [6.07, 6.45) is -5.72. The molecule has 0 bridgehead atoms. The molecule has 5 nitrogen and oxygen atoms in total. The highest BCUT2D eigenvalue weighted by atomic mass is 19.4. The highest BCUT2D eigenvalue weighted by molar-refractivity contribution is 5.85. The van der Waals surface area contributed by atoms with Crippen molar-refractivity contribution in [3.8, 4) is 5.75 Å². The standard InChI is InChI=1S/C24H26F5N3O2/c25-9-4-10-30-11-12-34-19-8-3-6-16(21(19)26)23-22-17(15-5-1-2-7-18(15)31-22)13-20(33)32(23)14-24(27,28)29/h1-3,5-8,20,23,30-31,33H,4,9-14H2/t20-,23-/m1/s1. The number of halogens is 5. The van der Waals surface area contributed by atoms with Crippen LogP contribution in [0.3, 0.4) is 0 Å². The third-order valence-electron chi connectivity index (χ3n) is 5.89. The minimum absolute atomic E-state index is 0.0196. The van der Waals surface area contributed by atoms with Crippen LogP contribution in [0, 0.1) is 5.82 Å². The van der Waals surface area contributed by atoms with E-state index >= 15 is 4.39 Å². The van der Waals surface area contributed by atoms with E-state index in [1.165, 1.54) is 18.2 Å². The summed E-state index contributed by atoms with van der Waals surface area (Å²) in [5.41, 5.74) is 1.75. The Bertz CT molecular complexity index is 1120. The van der Waals surface area contributed by atoms with Crippen LogP contribution in [0.2, 0.25) is 0 Å². The SMILES string of the molecule is O[C@@H]1Cc2c([nH]c3ccccc23)[C@@H](c2cccc(OCCNCCCF)c2F)N1CC(F)(F)F. The second-order valence-electron chi connectivity index (χ2n) is 8.24. The molecule has 10 heteroatoms. The third kappa shape index (κ3) is 5.18. The summed E-state index contributed by atoms with van der Waals surface area (Å²) in [6, 6.07) is 10.3. The van der Waals surface area contributed by atoms with E-state index in [4.69, 9.17) is 4.74 Å². The molecule has 2 atom stereocenters. The van der Waals surface area contributed by atoms with Crippen LogP contribution in [0.1, 0.15) is 29.3 Å². The van der Waals surface area contributed by atoms with Gasteiger partial charge in [0.15, 0.2) is 11.6 Å². The number of aromatic nitrogens is 1. The molecular formula is C24H26F5N3O2. The van der Waals surface area contributed by atoms with Crippen molar-refractivity contribution in [3.05, 3.63) is 65.1 Å². The predicted octanol–water partition coefficient (Wildman–Crippen LogP) is 4.46. The van der Waals surface area contributed by atoms with Crippen molar-refractivity contribution >= 4 is 10.9 Å². The van der Waals surface area contributed by atoms with E-state index < -0.39 is 37.5 Å². The van der Waals surface area contributed by atoms with Crippen molar-refractivity contribution in [1.82, 2.24) is 15.2 Å². The Kier molecular flexibility index (Phi) is 7.39. The molecule has 0 radical (unpaired) electrons. The summed E-state index contributed by atoms with van der Waals surface area (Å²) in [6.45, 7) is -0.932. The number of H-pyrrole nitrogens is 1. The minimum Gasteiger partial charge on any atom is -0.489 e. The smallest absolute Gasteiger partial charge is 0.401 e. The van der Waals surface area contributed by atoms with Crippen LogP contribution < -0.4 is 10.1 Å². The van der Waals surface area contributed by atoms with E-state index in [1.807, 2.05) is 6.07 Å². The Morgan fingerprint density at radius 1 is 1.12 bits per heavy atom. The van der Waals surface area contributed by atoms with Crippen LogP contribution >= 0.6 is 0 Å². The molecule has 2 heterocycles. The second kappa shape index (κ2) is 10.3. The molecule has 4 rings (SSSR count). The van der Waals surface area contributed by atoms with Gasteiger partial charge in [-0.05, 0) is 30.7 Å². The van der Waals surface area contributed by atoms with Gasteiger partial charge < -0.3 is 20.1 Å². The number of aliphatic hydroxyl groups is 1. The van der Waals surface area contributed by atoms with Crippen molar-refractivity contribution < 1.29 is 31.8 Å². The molecule has 0 saturated carbocycles. The third-order valence-corrected chi connectivity index (χ3v) is 5.89. The molecule has 0 aliphatic carbocycles. The number of ether oxygens (including phenoxy) is 1. The molecule has 3 aromatic rings. The molecule has 1 aliphatic heterocycles. The van der Waals surface area contributed by atoms with Gasteiger partial charge in [-0.1, -0.05) is 30.3 Å². The van der Waals surface area contributed by atoms with Gasteiger partial charge in [0.1, 0.15) is 12.8 Å². The average molecular weight is 483 g/mol. The molecule has 0 saturated heterocycles. The van der Waals surface area contributed by atoms with Gasteiger partial charge in [0.25, 0.3) is 0 Å². The highest BCUT2D eigenvalue weighted by Crippen LogP contribution is 2.43. The molecule has 3 N–H and O–H groups in total. The van der Waals surface area contributed by atoms with E-state index in [-0.39, 0.29) is 24.3 Å². The Morgan fingerprint density at radius 2 is 1.91 bits per heavy atom. The molecule has 0 spiro atoms. The quantitative estimate of drug-likeness (QED) is 0.311. The van der Waals surface area contributed by atoms with E-state index in [0.29, 0.717) is 36.3 Å². The van der Waals surface area contributed by atoms with Gasteiger partial charge >= 0.3 is 6.18 Å². The van der Waals surface area contributed by atoms with Crippen LogP contribution in [0.4, 0.5) is 22.0 Å². The van der Waals surface area contributed by atoms with E-state index in [2.05, 4.69) is 10.3 Å². The first-order valence-corrected chi connectivity index (χ1v) is 11.1. The van der Waals surface area contributed by atoms with Gasteiger partial charge in [0.2, 0.25) is 0 Å². The van der Waals surface area contributed by atoms with Gasteiger partial charge in [-0.15, -0.1) is 0 Å². The van der Waals surface area contributed by atoms with Crippen molar-refractivity contribution in [1.29, 1.82) is 0 Å². The largest absolute Gasteiger partial charge is 0.489 e. The number of hydrogen-bond acceptors (Lipinski definition) is 4. The van der Waals surface area contributed by atoms with Gasteiger partial charge in [-0.2, -0.15) is 13.2 Å². The Balaban J connectivity index is 1.70. The summed E-state index contributed by atoms with van der Waals surface area (Å²) < 4.78 is 73.6. The summed E-state index contributed by atoms with van der Waals surface area (Å²) in [4.78, 5) is 4.01. The number of benzene rings is 2. The highest BCUT2D eigenvalue weighted by Gasteiger charge is 2.43. The lowest BCUT2D eigenvalue weighted by Gasteiger charge is -2.40. The monoisotopic (exact) mass is 483 g/mol. The van der Waals surface area contributed by atoms with Gasteiger partial charge in [-0.25, -0.2) is 4.39 Å². The van der Waals surface area contributed by atoms with E-state index in [0.717, 1.165) is 10.3 Å². The molecular weight excluding hydrogens is 457 g/mol. The number of alkyl halides is 4. The predicted molar refractivity (Wildman–Crippen MR) is 118 cm³/mol. The molecule has 34 heavy (non-hydrogen) atoms. The Labute approximate surface area is 193 Å². The van der Waals surface area contributed by atoms with Crippen LogP contribution in [0.5, 0.6) is 5.75 Å². The van der Waals surface area contributed by atoms with Crippen LogP contribution in [-0.4, -0.2) is 60.3 Å². The number of rotatable bonds is 9. The second-order valence-corrected chi connectivity index (χ2v) is 8.24. The first-order valence-electron chi connectivity index (χ1n) is 11.1. The number of aromatic amines is 1. The first kappa shape index (κ1) is 24.4. The maximum atomic E-state index is 15.6. The Hall–Kier alpha value is -2.69. The molecule has 184 valence electrons. The van der Waals surface area contributed by atoms with Gasteiger partial charge in [0.05, 0.1) is 19.3 Å². The lowest BCUT2D eigenvalue weighted by molar-refractivity contribution is -0.174. The summed E-state index contributed by atoms with van der Waals surface area (Å²) in [5, 5.41) is 14.5. The van der Waals surface area contributed by atoms with Crippen LogP contribution in [-0.2, 0) is 6.42 Å². The number of nitrogens with one attached hydrogen (secondary N) is 2. The van der Waals surface area contributed by atoms with Crippen molar-refractivity contribution in [2.24, 2.45) is 0 Å². The number of hydrogen-bond donors (Lipinski definition) is 3. The lowest BCUT2D eigenvalue weighted by atomic mass is 9.91. The average Bonchev–Trinajstić information content (AvgIpc) is 3.15. The topological polar surface area (TPSA) is 60.5 Å². The Morgan fingerprint density at radius 3 is 2.68 bits per heavy atom. The van der Waals surface area contributed by atoms with Gasteiger partial charge in [-0.3, -0.25) is 9.29 Å². The van der Waals surface area contributed by atoms with Crippen LogP contribution in [0.15, 0.2) is 42.5 Å². The molecule has 1 aromatic heterocycles.